The summed E-state index contributed by atoms with van der Waals surface area (Å²) in [6, 6.07) is 3.68. The van der Waals surface area contributed by atoms with Crippen molar-refractivity contribution in [3.63, 3.8) is 0 Å². The highest BCUT2D eigenvalue weighted by atomic mass is 127. The molecule has 0 aliphatic rings. The van der Waals surface area contributed by atoms with Gasteiger partial charge in [-0.05, 0) is 38.5 Å². The van der Waals surface area contributed by atoms with Crippen LogP contribution in [0, 0.1) is 18.6 Å². The summed E-state index contributed by atoms with van der Waals surface area (Å²) in [5.41, 5.74) is 0.652. The van der Waals surface area contributed by atoms with E-state index in [0.29, 0.717) is 24.6 Å². The third-order valence-electron chi connectivity index (χ3n) is 3.18. The highest BCUT2D eigenvalue weighted by Gasteiger charge is 2.11. The van der Waals surface area contributed by atoms with E-state index in [0.717, 1.165) is 16.0 Å². The van der Waals surface area contributed by atoms with Crippen LogP contribution in [-0.2, 0) is 6.54 Å². The van der Waals surface area contributed by atoms with Crippen LogP contribution in [0.4, 0.5) is 8.78 Å². The maximum atomic E-state index is 13.3. The van der Waals surface area contributed by atoms with Gasteiger partial charge < -0.3 is 10.6 Å². The average molecular weight is 466 g/mol. The van der Waals surface area contributed by atoms with Gasteiger partial charge in [-0.25, -0.2) is 18.8 Å². The first-order valence-corrected chi connectivity index (χ1v) is 8.22. The molecule has 0 radical (unpaired) electrons. The topological polar surface area (TPSA) is 49.3 Å². The van der Waals surface area contributed by atoms with E-state index in [1.54, 1.807) is 17.4 Å². The number of aryl methyl sites for hydroxylation is 1. The summed E-state index contributed by atoms with van der Waals surface area (Å²) in [5.74, 6) is -1.09. The Kier molecular flexibility index (Phi) is 8.54. The lowest BCUT2D eigenvalue weighted by atomic mass is 10.1. The smallest absolute Gasteiger partial charge is 0.192 e. The van der Waals surface area contributed by atoms with Gasteiger partial charge in [0, 0.05) is 17.6 Å². The fourth-order valence-electron chi connectivity index (χ4n) is 2.01. The standard InChI is InChI=1S/C16H20F2N4S.HI/c1-4-19-16(21-9-15-20-8-10(2)23-15)22-11(3)12-5-6-13(17)14(18)7-12;/h5-8,11H,4,9H2,1-3H3,(H2,19,21,22);1H. The first kappa shape index (κ1) is 20.8. The molecule has 0 spiro atoms. The Hall–Kier alpha value is -1.29. The Bertz CT molecular complexity index is 690. The van der Waals surface area contributed by atoms with Crippen LogP contribution in [0.5, 0.6) is 0 Å². The lowest BCUT2D eigenvalue weighted by molar-refractivity contribution is 0.504. The quantitative estimate of drug-likeness (QED) is 0.395. The molecule has 0 aliphatic heterocycles. The number of rotatable bonds is 5. The van der Waals surface area contributed by atoms with Crippen molar-refractivity contribution in [3.05, 3.63) is 51.5 Å². The van der Waals surface area contributed by atoms with Gasteiger partial charge in [0.1, 0.15) is 5.01 Å². The van der Waals surface area contributed by atoms with Crippen LogP contribution < -0.4 is 10.6 Å². The van der Waals surface area contributed by atoms with Crippen LogP contribution in [0.15, 0.2) is 29.4 Å². The lowest BCUT2D eigenvalue weighted by Crippen LogP contribution is -2.38. The summed E-state index contributed by atoms with van der Waals surface area (Å²) >= 11 is 1.60. The minimum Gasteiger partial charge on any atom is -0.357 e. The monoisotopic (exact) mass is 466 g/mol. The Labute approximate surface area is 161 Å². The summed E-state index contributed by atoms with van der Waals surface area (Å²) in [4.78, 5) is 9.89. The Balaban J connectivity index is 0.00000288. The fourth-order valence-corrected chi connectivity index (χ4v) is 2.72. The number of guanidine groups is 1. The number of nitrogens with one attached hydrogen (secondary N) is 2. The molecule has 2 rings (SSSR count). The van der Waals surface area contributed by atoms with Crippen molar-refractivity contribution in [2.24, 2.45) is 4.99 Å². The van der Waals surface area contributed by atoms with Gasteiger partial charge >= 0.3 is 0 Å². The van der Waals surface area contributed by atoms with Crippen molar-refractivity contribution in [2.45, 2.75) is 33.4 Å². The number of hydrogen-bond donors (Lipinski definition) is 2. The molecule has 2 N–H and O–H groups in total. The summed E-state index contributed by atoms with van der Waals surface area (Å²) in [6.07, 6.45) is 1.82. The Morgan fingerprint density at radius 1 is 1.33 bits per heavy atom. The second-order valence-corrected chi connectivity index (χ2v) is 6.42. The molecule has 1 aromatic heterocycles. The van der Waals surface area contributed by atoms with Gasteiger partial charge in [-0.15, -0.1) is 35.3 Å². The average Bonchev–Trinajstić information content (AvgIpc) is 2.93. The summed E-state index contributed by atoms with van der Waals surface area (Å²) in [6.45, 7) is 7.01. The summed E-state index contributed by atoms with van der Waals surface area (Å²) in [5, 5.41) is 7.25. The van der Waals surface area contributed by atoms with Gasteiger partial charge in [0.05, 0.1) is 12.6 Å². The van der Waals surface area contributed by atoms with Crippen molar-refractivity contribution < 1.29 is 8.78 Å². The summed E-state index contributed by atoms with van der Waals surface area (Å²) < 4.78 is 26.4. The predicted octanol–water partition coefficient (Wildman–Crippen LogP) is 4.16. The Morgan fingerprint density at radius 2 is 2.08 bits per heavy atom. The number of hydrogen-bond acceptors (Lipinski definition) is 3. The lowest BCUT2D eigenvalue weighted by Gasteiger charge is -2.18. The molecular weight excluding hydrogens is 445 g/mol. The van der Waals surface area contributed by atoms with Gasteiger partial charge in [0.15, 0.2) is 17.6 Å². The van der Waals surface area contributed by atoms with Crippen molar-refractivity contribution in [2.75, 3.05) is 6.54 Å². The van der Waals surface area contributed by atoms with Crippen molar-refractivity contribution in [1.82, 2.24) is 15.6 Å². The number of aromatic nitrogens is 1. The van der Waals surface area contributed by atoms with E-state index in [9.17, 15) is 8.78 Å². The van der Waals surface area contributed by atoms with Crippen LogP contribution in [0.1, 0.15) is 35.3 Å². The maximum absolute atomic E-state index is 13.3. The molecule has 0 fully saturated rings. The van der Waals surface area contributed by atoms with E-state index in [4.69, 9.17) is 0 Å². The predicted molar refractivity (Wildman–Crippen MR) is 105 cm³/mol. The SMILES string of the molecule is CCNC(=NCc1ncc(C)s1)NC(C)c1ccc(F)c(F)c1.I. The molecule has 1 atom stereocenters. The van der Waals surface area contributed by atoms with E-state index >= 15 is 0 Å². The molecule has 2 aromatic rings. The number of nitrogens with zero attached hydrogens (tertiary/aromatic N) is 2. The van der Waals surface area contributed by atoms with E-state index in [1.807, 2.05) is 27.0 Å². The zero-order chi connectivity index (χ0) is 16.8. The highest BCUT2D eigenvalue weighted by Crippen LogP contribution is 2.16. The zero-order valence-corrected chi connectivity index (χ0v) is 16.9. The molecule has 0 saturated carbocycles. The zero-order valence-electron chi connectivity index (χ0n) is 13.8. The normalized spacial score (nSPS) is 12.5. The Morgan fingerprint density at radius 3 is 2.67 bits per heavy atom. The first-order valence-electron chi connectivity index (χ1n) is 7.40. The second-order valence-electron chi connectivity index (χ2n) is 5.10. The van der Waals surface area contributed by atoms with Crippen LogP contribution in [0.3, 0.4) is 0 Å². The van der Waals surface area contributed by atoms with Crippen LogP contribution in [-0.4, -0.2) is 17.5 Å². The molecule has 132 valence electrons. The minimum absolute atomic E-state index is 0. The molecule has 1 aromatic carbocycles. The van der Waals surface area contributed by atoms with Crippen molar-refractivity contribution >= 4 is 41.3 Å². The number of benzene rings is 1. The molecule has 8 heteroatoms. The van der Waals surface area contributed by atoms with Crippen LogP contribution in [0.2, 0.25) is 0 Å². The third kappa shape index (κ3) is 5.97. The van der Waals surface area contributed by atoms with E-state index in [2.05, 4.69) is 20.6 Å². The molecule has 24 heavy (non-hydrogen) atoms. The van der Waals surface area contributed by atoms with Gasteiger partial charge in [-0.3, -0.25) is 0 Å². The van der Waals surface area contributed by atoms with E-state index < -0.39 is 11.6 Å². The highest BCUT2D eigenvalue weighted by molar-refractivity contribution is 14.0. The maximum Gasteiger partial charge on any atom is 0.192 e. The van der Waals surface area contributed by atoms with Gasteiger partial charge in [0.2, 0.25) is 0 Å². The minimum atomic E-state index is -0.851. The van der Waals surface area contributed by atoms with E-state index in [-0.39, 0.29) is 30.0 Å². The summed E-state index contributed by atoms with van der Waals surface area (Å²) in [7, 11) is 0. The van der Waals surface area contributed by atoms with Crippen LogP contribution >= 0.6 is 35.3 Å². The molecule has 1 heterocycles. The molecule has 0 bridgehead atoms. The number of aliphatic imine (C=N–C) groups is 1. The molecule has 0 aliphatic carbocycles. The van der Waals surface area contributed by atoms with Gasteiger partial charge in [0.25, 0.3) is 0 Å². The van der Waals surface area contributed by atoms with Gasteiger partial charge in [-0.1, -0.05) is 6.07 Å². The van der Waals surface area contributed by atoms with Gasteiger partial charge in [-0.2, -0.15) is 0 Å². The second kappa shape index (κ2) is 9.87. The largest absolute Gasteiger partial charge is 0.357 e. The third-order valence-corrected chi connectivity index (χ3v) is 4.08. The molecule has 0 amide bonds. The number of thiazole rings is 1. The molecular formula is C16H21F2IN4S. The van der Waals surface area contributed by atoms with Crippen molar-refractivity contribution in [1.29, 1.82) is 0 Å². The van der Waals surface area contributed by atoms with Crippen molar-refractivity contribution in [3.8, 4) is 0 Å². The molecule has 1 unspecified atom stereocenters. The van der Waals surface area contributed by atoms with Crippen LogP contribution in [0.25, 0.3) is 0 Å². The molecule has 0 saturated heterocycles. The molecule has 4 nitrogen and oxygen atoms in total. The fraction of sp³-hybridized carbons (Fsp3) is 0.375. The first-order chi connectivity index (χ1) is 11.0. The van der Waals surface area contributed by atoms with E-state index in [1.165, 1.54) is 6.07 Å². The number of halogens is 3.